The number of carboxylic acids is 1. The van der Waals surface area contributed by atoms with E-state index in [-0.39, 0.29) is 5.75 Å². The molecule has 0 spiro atoms. The lowest BCUT2D eigenvalue weighted by molar-refractivity contribution is -0.133. The van der Waals surface area contributed by atoms with Gasteiger partial charge in [-0.25, -0.2) is 0 Å². The Morgan fingerprint density at radius 3 is 2.67 bits per heavy atom. The van der Waals surface area contributed by atoms with Crippen molar-refractivity contribution in [3.63, 3.8) is 0 Å². The number of aromatic nitrogens is 3. The topological polar surface area (TPSA) is 97.5 Å². The summed E-state index contributed by atoms with van der Waals surface area (Å²) in [5.74, 6) is -0.629. The summed E-state index contributed by atoms with van der Waals surface area (Å²) in [5.41, 5.74) is -1.14. The van der Waals surface area contributed by atoms with Gasteiger partial charge in [-0.2, -0.15) is 0 Å². The quantitative estimate of drug-likeness (QED) is 0.692. The van der Waals surface area contributed by atoms with Gasteiger partial charge in [0.2, 0.25) is 0 Å². The summed E-state index contributed by atoms with van der Waals surface area (Å²) < 4.78 is 6.66. The average molecular weight is 275 g/mol. The molecular formula is C10H17N3O4S. The predicted molar refractivity (Wildman–Crippen MR) is 65.5 cm³/mol. The highest BCUT2D eigenvalue weighted by molar-refractivity contribution is 7.99. The number of hydrogen-bond acceptors (Lipinski definition) is 6. The van der Waals surface area contributed by atoms with Crippen LogP contribution in [-0.4, -0.2) is 50.4 Å². The molecule has 1 aromatic heterocycles. The van der Waals surface area contributed by atoms with E-state index in [1.165, 1.54) is 0 Å². The van der Waals surface area contributed by atoms with Crippen molar-refractivity contribution in [3.05, 3.63) is 5.82 Å². The van der Waals surface area contributed by atoms with Gasteiger partial charge >= 0.3 is 5.97 Å². The number of carboxylic acid groups (broad SMARTS) is 1. The second kappa shape index (κ2) is 6.17. The van der Waals surface area contributed by atoms with Gasteiger partial charge in [-0.3, -0.25) is 4.79 Å². The molecule has 0 unspecified atom stereocenters. The maximum atomic E-state index is 10.5. The van der Waals surface area contributed by atoms with E-state index in [1.807, 2.05) is 0 Å². The molecule has 2 N–H and O–H groups in total. The molecule has 18 heavy (non-hydrogen) atoms. The van der Waals surface area contributed by atoms with Gasteiger partial charge in [0, 0.05) is 13.7 Å². The lowest BCUT2D eigenvalue weighted by Crippen LogP contribution is -2.23. The van der Waals surface area contributed by atoms with Crippen LogP contribution in [0.5, 0.6) is 0 Å². The lowest BCUT2D eigenvalue weighted by Gasteiger charge is -2.18. The highest BCUT2D eigenvalue weighted by Crippen LogP contribution is 2.23. The first-order valence-corrected chi connectivity index (χ1v) is 6.34. The SMILES string of the molecule is COCCn1c(SCC(=O)O)nnc1C(C)(C)O. The maximum Gasteiger partial charge on any atom is 0.313 e. The van der Waals surface area contributed by atoms with Crippen LogP contribution in [0.25, 0.3) is 0 Å². The van der Waals surface area contributed by atoms with Gasteiger partial charge in [0.1, 0.15) is 5.60 Å². The van der Waals surface area contributed by atoms with Crippen LogP contribution >= 0.6 is 11.8 Å². The van der Waals surface area contributed by atoms with Gasteiger partial charge in [-0.15, -0.1) is 10.2 Å². The molecule has 0 atom stereocenters. The highest BCUT2D eigenvalue weighted by Gasteiger charge is 2.26. The number of thioether (sulfide) groups is 1. The molecule has 0 saturated heterocycles. The Balaban J connectivity index is 2.95. The smallest absolute Gasteiger partial charge is 0.313 e. The second-order valence-corrected chi connectivity index (χ2v) is 5.13. The third-order valence-electron chi connectivity index (χ3n) is 2.11. The van der Waals surface area contributed by atoms with E-state index in [0.717, 1.165) is 11.8 Å². The highest BCUT2D eigenvalue weighted by atomic mass is 32.2. The minimum absolute atomic E-state index is 0.100. The summed E-state index contributed by atoms with van der Waals surface area (Å²) in [6, 6.07) is 0. The number of carbonyl (C=O) groups is 1. The zero-order valence-electron chi connectivity index (χ0n) is 10.6. The van der Waals surface area contributed by atoms with Crippen LogP contribution in [-0.2, 0) is 21.7 Å². The van der Waals surface area contributed by atoms with E-state index in [4.69, 9.17) is 9.84 Å². The molecule has 0 amide bonds. The first-order valence-electron chi connectivity index (χ1n) is 5.36. The average Bonchev–Trinajstić information content (AvgIpc) is 2.66. The Labute approximate surface area is 109 Å². The van der Waals surface area contributed by atoms with E-state index in [0.29, 0.717) is 24.1 Å². The first kappa shape index (κ1) is 14.9. The van der Waals surface area contributed by atoms with Gasteiger partial charge in [0.05, 0.1) is 12.4 Å². The van der Waals surface area contributed by atoms with E-state index < -0.39 is 11.6 Å². The van der Waals surface area contributed by atoms with Crippen molar-refractivity contribution in [2.45, 2.75) is 31.1 Å². The van der Waals surface area contributed by atoms with Crippen molar-refractivity contribution >= 4 is 17.7 Å². The molecule has 0 bridgehead atoms. The molecule has 0 aliphatic heterocycles. The fraction of sp³-hybridized carbons (Fsp3) is 0.700. The zero-order valence-corrected chi connectivity index (χ0v) is 11.4. The summed E-state index contributed by atoms with van der Waals surface area (Å²) in [5, 5.41) is 26.9. The summed E-state index contributed by atoms with van der Waals surface area (Å²) in [6.45, 7) is 4.10. The number of nitrogens with zero attached hydrogens (tertiary/aromatic N) is 3. The molecule has 1 aromatic rings. The Morgan fingerprint density at radius 2 is 2.17 bits per heavy atom. The van der Waals surface area contributed by atoms with Crippen molar-refractivity contribution in [1.82, 2.24) is 14.8 Å². The molecule has 0 aliphatic carbocycles. The van der Waals surface area contributed by atoms with Gasteiger partial charge in [-0.05, 0) is 13.8 Å². The summed E-state index contributed by atoms with van der Waals surface area (Å²) >= 11 is 1.07. The minimum Gasteiger partial charge on any atom is -0.481 e. The Hall–Kier alpha value is -1.12. The van der Waals surface area contributed by atoms with E-state index in [2.05, 4.69) is 10.2 Å². The maximum absolute atomic E-state index is 10.5. The number of hydrogen-bond donors (Lipinski definition) is 2. The molecule has 0 fully saturated rings. The monoisotopic (exact) mass is 275 g/mol. The number of ether oxygens (including phenoxy) is 1. The lowest BCUT2D eigenvalue weighted by atomic mass is 10.1. The third kappa shape index (κ3) is 3.97. The van der Waals surface area contributed by atoms with Crippen molar-refractivity contribution in [2.75, 3.05) is 19.5 Å². The zero-order chi connectivity index (χ0) is 13.8. The van der Waals surface area contributed by atoms with Crippen LogP contribution in [0, 0.1) is 0 Å². The number of aliphatic hydroxyl groups is 1. The number of rotatable bonds is 7. The fourth-order valence-corrected chi connectivity index (χ4v) is 2.04. The molecule has 7 nitrogen and oxygen atoms in total. The molecule has 0 radical (unpaired) electrons. The summed E-state index contributed by atoms with van der Waals surface area (Å²) in [4.78, 5) is 10.5. The first-order chi connectivity index (χ1) is 8.36. The van der Waals surface area contributed by atoms with E-state index >= 15 is 0 Å². The van der Waals surface area contributed by atoms with E-state index in [1.54, 1.807) is 25.5 Å². The van der Waals surface area contributed by atoms with Crippen LogP contribution in [0.4, 0.5) is 0 Å². The largest absolute Gasteiger partial charge is 0.481 e. The minimum atomic E-state index is -1.14. The van der Waals surface area contributed by atoms with Crippen molar-refractivity contribution < 1.29 is 19.7 Å². The number of aliphatic carboxylic acids is 1. The van der Waals surface area contributed by atoms with Crippen LogP contribution in [0.3, 0.4) is 0 Å². The van der Waals surface area contributed by atoms with Crippen LogP contribution < -0.4 is 0 Å². The van der Waals surface area contributed by atoms with Gasteiger partial charge in [-0.1, -0.05) is 11.8 Å². The van der Waals surface area contributed by atoms with Crippen LogP contribution in [0.2, 0.25) is 0 Å². The van der Waals surface area contributed by atoms with Gasteiger partial charge in [0.25, 0.3) is 0 Å². The Bertz CT molecular complexity index is 414. The van der Waals surface area contributed by atoms with Crippen molar-refractivity contribution in [2.24, 2.45) is 0 Å². The fourth-order valence-electron chi connectivity index (χ4n) is 1.36. The molecule has 0 aliphatic rings. The second-order valence-electron chi connectivity index (χ2n) is 4.19. The van der Waals surface area contributed by atoms with Crippen LogP contribution in [0.1, 0.15) is 19.7 Å². The standard InChI is InChI=1S/C10H17N3O4S/c1-10(2,16)8-11-12-9(18-6-7(14)15)13(8)4-5-17-3/h16H,4-6H2,1-3H3,(H,14,15). The van der Waals surface area contributed by atoms with Crippen molar-refractivity contribution in [1.29, 1.82) is 0 Å². The predicted octanol–water partition coefficient (Wildman–Crippen LogP) is 0.329. The molecule has 0 aromatic carbocycles. The third-order valence-corrected chi connectivity index (χ3v) is 3.06. The molecule has 1 rings (SSSR count). The molecule has 102 valence electrons. The van der Waals surface area contributed by atoms with E-state index in [9.17, 15) is 9.90 Å². The number of methoxy groups -OCH3 is 1. The normalized spacial score (nSPS) is 11.8. The molecular weight excluding hydrogens is 258 g/mol. The Morgan fingerprint density at radius 1 is 1.50 bits per heavy atom. The van der Waals surface area contributed by atoms with Gasteiger partial charge < -0.3 is 19.5 Å². The summed E-state index contributed by atoms with van der Waals surface area (Å²) in [6.07, 6.45) is 0. The molecule has 8 heteroatoms. The molecule has 0 saturated carbocycles. The summed E-state index contributed by atoms with van der Waals surface area (Å²) in [7, 11) is 1.57. The Kier molecular flexibility index (Phi) is 5.12. The van der Waals surface area contributed by atoms with Gasteiger partial charge in [0.15, 0.2) is 11.0 Å². The van der Waals surface area contributed by atoms with Crippen molar-refractivity contribution in [3.8, 4) is 0 Å². The molecule has 1 heterocycles. The van der Waals surface area contributed by atoms with Crippen LogP contribution in [0.15, 0.2) is 5.16 Å².